The zero-order valence-corrected chi connectivity index (χ0v) is 14.0. The molecule has 0 saturated carbocycles. The topological polar surface area (TPSA) is 84.4 Å². The SMILES string of the molecule is COC(=O)[C@@H](N[C@@H]1CCCN(c2cccnc2)C1=O)c1cccnc1. The summed E-state index contributed by atoms with van der Waals surface area (Å²) in [5.41, 5.74) is 1.43. The molecular formula is C18H20N4O3. The van der Waals surface area contributed by atoms with Crippen molar-refractivity contribution in [3.05, 3.63) is 54.6 Å². The largest absolute Gasteiger partial charge is 0.468 e. The molecule has 1 fully saturated rings. The van der Waals surface area contributed by atoms with Gasteiger partial charge in [0.25, 0.3) is 0 Å². The number of piperidine rings is 1. The lowest BCUT2D eigenvalue weighted by molar-refractivity contribution is -0.143. The number of aromatic nitrogens is 2. The minimum atomic E-state index is -0.735. The van der Waals surface area contributed by atoms with Crippen molar-refractivity contribution in [2.24, 2.45) is 0 Å². The van der Waals surface area contributed by atoms with E-state index in [1.54, 1.807) is 47.9 Å². The van der Waals surface area contributed by atoms with Crippen molar-refractivity contribution in [2.45, 2.75) is 24.9 Å². The van der Waals surface area contributed by atoms with E-state index < -0.39 is 18.1 Å². The van der Waals surface area contributed by atoms with Crippen molar-refractivity contribution in [3.63, 3.8) is 0 Å². The standard InChI is InChI=1S/C18H20N4O3/c1-25-18(24)16(13-5-2-8-19-11-13)21-15-7-4-10-22(17(15)23)14-6-3-9-20-12-14/h2-3,5-6,8-9,11-12,15-16,21H,4,7,10H2,1H3/t15-,16+/m1/s1. The van der Waals surface area contributed by atoms with Gasteiger partial charge in [0.1, 0.15) is 6.04 Å². The van der Waals surface area contributed by atoms with Crippen molar-refractivity contribution in [1.82, 2.24) is 15.3 Å². The highest BCUT2D eigenvalue weighted by atomic mass is 16.5. The first-order chi connectivity index (χ1) is 12.2. The van der Waals surface area contributed by atoms with Gasteiger partial charge in [-0.2, -0.15) is 0 Å². The number of carbonyl (C=O) groups excluding carboxylic acids is 2. The summed E-state index contributed by atoms with van der Waals surface area (Å²) in [4.78, 5) is 34.9. The molecular weight excluding hydrogens is 320 g/mol. The number of nitrogens with one attached hydrogen (secondary N) is 1. The summed E-state index contributed by atoms with van der Waals surface area (Å²) in [6.45, 7) is 0.637. The second-order valence-corrected chi connectivity index (χ2v) is 5.81. The number of rotatable bonds is 5. The summed E-state index contributed by atoms with van der Waals surface area (Å²) in [6, 6.07) is 5.98. The Labute approximate surface area is 146 Å². The number of nitrogens with zero attached hydrogens (tertiary/aromatic N) is 3. The first-order valence-corrected chi connectivity index (χ1v) is 8.16. The van der Waals surface area contributed by atoms with Gasteiger partial charge in [-0.3, -0.25) is 20.1 Å². The lowest BCUT2D eigenvalue weighted by Crippen LogP contribution is -2.52. The Kier molecular flexibility index (Phi) is 5.35. The number of amides is 1. The van der Waals surface area contributed by atoms with Gasteiger partial charge in [0, 0.05) is 25.1 Å². The summed E-state index contributed by atoms with van der Waals surface area (Å²) in [6.07, 6.45) is 8.06. The molecule has 0 radical (unpaired) electrons. The van der Waals surface area contributed by atoms with E-state index in [0.717, 1.165) is 12.1 Å². The number of ether oxygens (including phenoxy) is 1. The van der Waals surface area contributed by atoms with Crippen LogP contribution in [0.15, 0.2) is 49.1 Å². The van der Waals surface area contributed by atoms with E-state index in [1.165, 1.54) is 7.11 Å². The second-order valence-electron chi connectivity index (χ2n) is 5.81. The van der Waals surface area contributed by atoms with Gasteiger partial charge in [0.2, 0.25) is 5.91 Å². The van der Waals surface area contributed by atoms with E-state index in [1.807, 2.05) is 6.07 Å². The first kappa shape index (κ1) is 17.0. The Morgan fingerprint density at radius 1 is 1.28 bits per heavy atom. The van der Waals surface area contributed by atoms with E-state index in [2.05, 4.69) is 15.3 Å². The van der Waals surface area contributed by atoms with Gasteiger partial charge in [-0.1, -0.05) is 6.07 Å². The monoisotopic (exact) mass is 340 g/mol. The molecule has 0 spiro atoms. The predicted molar refractivity (Wildman–Crippen MR) is 91.7 cm³/mol. The number of anilines is 1. The summed E-state index contributed by atoms with van der Waals surface area (Å²) >= 11 is 0. The maximum Gasteiger partial charge on any atom is 0.327 e. The fourth-order valence-corrected chi connectivity index (χ4v) is 2.97. The molecule has 0 unspecified atom stereocenters. The van der Waals surface area contributed by atoms with Gasteiger partial charge in [-0.15, -0.1) is 0 Å². The fourth-order valence-electron chi connectivity index (χ4n) is 2.97. The van der Waals surface area contributed by atoms with Crippen LogP contribution in [0, 0.1) is 0 Å². The maximum absolute atomic E-state index is 12.9. The molecule has 1 saturated heterocycles. The zero-order chi connectivity index (χ0) is 17.6. The molecule has 0 aliphatic carbocycles. The molecule has 3 heterocycles. The minimum absolute atomic E-state index is 0.0722. The highest BCUT2D eigenvalue weighted by molar-refractivity contribution is 5.98. The van der Waals surface area contributed by atoms with Crippen LogP contribution in [0.2, 0.25) is 0 Å². The molecule has 2 atom stereocenters. The number of esters is 1. The van der Waals surface area contributed by atoms with Crippen molar-refractivity contribution >= 4 is 17.6 Å². The molecule has 1 aliphatic rings. The summed E-state index contributed by atoms with van der Waals surface area (Å²) in [7, 11) is 1.33. The molecule has 1 aliphatic heterocycles. The fraction of sp³-hybridized carbons (Fsp3) is 0.333. The highest BCUT2D eigenvalue weighted by Crippen LogP contribution is 2.23. The summed E-state index contributed by atoms with van der Waals surface area (Å²) < 4.78 is 4.89. The second kappa shape index (κ2) is 7.85. The molecule has 3 rings (SSSR count). The van der Waals surface area contributed by atoms with Crippen molar-refractivity contribution in [2.75, 3.05) is 18.6 Å². The molecule has 0 bridgehead atoms. The lowest BCUT2D eigenvalue weighted by Gasteiger charge is -2.34. The Bertz CT molecular complexity index is 724. The van der Waals surface area contributed by atoms with Gasteiger partial charge in [-0.05, 0) is 36.6 Å². The molecule has 1 amide bonds. The van der Waals surface area contributed by atoms with Crippen LogP contribution in [0.25, 0.3) is 0 Å². The van der Waals surface area contributed by atoms with Crippen LogP contribution < -0.4 is 10.2 Å². The number of hydrogen-bond acceptors (Lipinski definition) is 6. The third-order valence-electron chi connectivity index (χ3n) is 4.22. The summed E-state index contributed by atoms with van der Waals surface area (Å²) in [5.74, 6) is -0.517. The lowest BCUT2D eigenvalue weighted by atomic mass is 10.0. The Morgan fingerprint density at radius 3 is 2.68 bits per heavy atom. The van der Waals surface area contributed by atoms with E-state index in [9.17, 15) is 9.59 Å². The molecule has 7 heteroatoms. The quantitative estimate of drug-likeness (QED) is 0.830. The predicted octanol–water partition coefficient (Wildman–Crippen LogP) is 1.48. The van der Waals surface area contributed by atoms with Crippen LogP contribution in [0.3, 0.4) is 0 Å². The molecule has 2 aromatic heterocycles. The van der Waals surface area contributed by atoms with Gasteiger partial charge in [0.15, 0.2) is 0 Å². The van der Waals surface area contributed by atoms with E-state index in [0.29, 0.717) is 18.5 Å². The maximum atomic E-state index is 12.9. The van der Waals surface area contributed by atoms with E-state index >= 15 is 0 Å². The van der Waals surface area contributed by atoms with Crippen molar-refractivity contribution in [1.29, 1.82) is 0 Å². The Hall–Kier alpha value is -2.80. The Balaban J connectivity index is 1.80. The van der Waals surface area contributed by atoms with E-state index in [-0.39, 0.29) is 5.91 Å². The molecule has 2 aromatic rings. The smallest absolute Gasteiger partial charge is 0.327 e. The average molecular weight is 340 g/mol. The van der Waals surface area contributed by atoms with Gasteiger partial charge in [-0.25, -0.2) is 4.79 Å². The third-order valence-corrected chi connectivity index (χ3v) is 4.22. The van der Waals surface area contributed by atoms with Gasteiger partial charge < -0.3 is 9.64 Å². The van der Waals surface area contributed by atoms with Crippen LogP contribution >= 0.6 is 0 Å². The molecule has 1 N–H and O–H groups in total. The minimum Gasteiger partial charge on any atom is -0.468 e. The normalized spacial score (nSPS) is 18.7. The number of carbonyl (C=O) groups is 2. The number of pyridine rings is 2. The van der Waals surface area contributed by atoms with Crippen LogP contribution in [0.1, 0.15) is 24.4 Å². The Morgan fingerprint density at radius 2 is 2.04 bits per heavy atom. The number of methoxy groups -OCH3 is 1. The zero-order valence-electron chi connectivity index (χ0n) is 14.0. The first-order valence-electron chi connectivity index (χ1n) is 8.16. The average Bonchev–Trinajstić information content (AvgIpc) is 2.68. The molecule has 0 aromatic carbocycles. The van der Waals surface area contributed by atoms with Gasteiger partial charge in [0.05, 0.1) is 25.0 Å². The van der Waals surface area contributed by atoms with Crippen LogP contribution in [0.4, 0.5) is 5.69 Å². The van der Waals surface area contributed by atoms with Crippen LogP contribution in [0.5, 0.6) is 0 Å². The molecule has 130 valence electrons. The number of hydrogen-bond donors (Lipinski definition) is 1. The van der Waals surface area contributed by atoms with Crippen molar-refractivity contribution < 1.29 is 14.3 Å². The highest BCUT2D eigenvalue weighted by Gasteiger charge is 2.34. The molecule has 25 heavy (non-hydrogen) atoms. The van der Waals surface area contributed by atoms with Gasteiger partial charge >= 0.3 is 5.97 Å². The van der Waals surface area contributed by atoms with Crippen molar-refractivity contribution in [3.8, 4) is 0 Å². The van der Waals surface area contributed by atoms with Crippen LogP contribution in [-0.4, -0.2) is 41.5 Å². The third kappa shape index (κ3) is 3.83. The molecule has 7 nitrogen and oxygen atoms in total. The van der Waals surface area contributed by atoms with E-state index in [4.69, 9.17) is 4.74 Å². The summed E-state index contributed by atoms with van der Waals surface area (Å²) in [5, 5.41) is 3.15. The van der Waals surface area contributed by atoms with Crippen LogP contribution in [-0.2, 0) is 14.3 Å².